The second kappa shape index (κ2) is 8.02. The SMILES string of the molecule is Cc1ccccc1C1(CN=C(N)N2CCCCCC2)CCOCC1. The summed E-state index contributed by atoms with van der Waals surface area (Å²) in [4.78, 5) is 7.14. The predicted molar refractivity (Wildman–Crippen MR) is 99.4 cm³/mol. The highest BCUT2D eigenvalue weighted by Gasteiger charge is 2.35. The van der Waals surface area contributed by atoms with Crippen LogP contribution < -0.4 is 5.73 Å². The van der Waals surface area contributed by atoms with Gasteiger partial charge in [-0.2, -0.15) is 0 Å². The molecule has 132 valence electrons. The molecule has 2 N–H and O–H groups in total. The van der Waals surface area contributed by atoms with E-state index in [1.165, 1.54) is 36.8 Å². The summed E-state index contributed by atoms with van der Waals surface area (Å²) < 4.78 is 5.64. The highest BCUT2D eigenvalue weighted by Crippen LogP contribution is 2.37. The molecule has 1 aromatic carbocycles. The summed E-state index contributed by atoms with van der Waals surface area (Å²) in [5.74, 6) is 0.733. The van der Waals surface area contributed by atoms with E-state index < -0.39 is 0 Å². The van der Waals surface area contributed by atoms with Crippen molar-refractivity contribution in [1.29, 1.82) is 0 Å². The first-order chi connectivity index (χ1) is 11.7. The molecule has 0 aromatic heterocycles. The highest BCUT2D eigenvalue weighted by molar-refractivity contribution is 5.78. The van der Waals surface area contributed by atoms with Crippen molar-refractivity contribution in [3.8, 4) is 0 Å². The molecule has 2 heterocycles. The van der Waals surface area contributed by atoms with E-state index in [-0.39, 0.29) is 5.41 Å². The van der Waals surface area contributed by atoms with E-state index in [1.54, 1.807) is 0 Å². The molecule has 0 atom stereocenters. The van der Waals surface area contributed by atoms with E-state index in [2.05, 4.69) is 36.1 Å². The number of rotatable bonds is 3. The van der Waals surface area contributed by atoms with Crippen LogP contribution in [0.1, 0.15) is 49.7 Å². The Bertz CT molecular complexity index is 556. The summed E-state index contributed by atoms with van der Waals surface area (Å²) in [6, 6.07) is 8.72. The monoisotopic (exact) mass is 329 g/mol. The number of nitrogens with two attached hydrogens (primary N) is 1. The minimum absolute atomic E-state index is 0.0695. The third-order valence-corrected chi connectivity index (χ3v) is 5.64. The zero-order valence-electron chi connectivity index (χ0n) is 15.0. The Labute approximate surface area is 146 Å². The van der Waals surface area contributed by atoms with Gasteiger partial charge in [0.2, 0.25) is 0 Å². The lowest BCUT2D eigenvalue weighted by Crippen LogP contribution is -2.41. The number of likely N-dealkylation sites (tertiary alicyclic amines) is 1. The fraction of sp³-hybridized carbons (Fsp3) is 0.650. The average Bonchev–Trinajstić information content (AvgIpc) is 2.90. The van der Waals surface area contributed by atoms with Crippen molar-refractivity contribution in [2.75, 3.05) is 32.8 Å². The van der Waals surface area contributed by atoms with Gasteiger partial charge < -0.3 is 15.4 Å². The van der Waals surface area contributed by atoms with Crippen LogP contribution in [0, 0.1) is 6.92 Å². The van der Waals surface area contributed by atoms with Gasteiger partial charge in [-0.05, 0) is 43.7 Å². The maximum absolute atomic E-state index is 6.35. The Morgan fingerprint density at radius 1 is 1.12 bits per heavy atom. The van der Waals surface area contributed by atoms with Crippen molar-refractivity contribution in [1.82, 2.24) is 4.90 Å². The minimum Gasteiger partial charge on any atom is -0.381 e. The van der Waals surface area contributed by atoms with Crippen LogP contribution in [0.25, 0.3) is 0 Å². The van der Waals surface area contributed by atoms with Crippen molar-refractivity contribution in [2.45, 2.75) is 50.9 Å². The second-order valence-corrected chi connectivity index (χ2v) is 7.28. The van der Waals surface area contributed by atoms with Gasteiger partial charge in [0, 0.05) is 31.7 Å². The molecule has 4 nitrogen and oxygen atoms in total. The molecule has 2 fully saturated rings. The van der Waals surface area contributed by atoms with Gasteiger partial charge in [-0.15, -0.1) is 0 Å². The molecule has 0 bridgehead atoms. The molecule has 0 unspecified atom stereocenters. The number of benzene rings is 1. The Balaban J connectivity index is 1.79. The number of guanidine groups is 1. The molecule has 0 amide bonds. The molecule has 0 spiro atoms. The standard InChI is InChI=1S/C20H31N3O/c1-17-8-4-5-9-18(17)20(10-14-24-15-11-20)16-22-19(21)23-12-6-2-3-7-13-23/h4-5,8-9H,2-3,6-7,10-16H2,1H3,(H2,21,22). The summed E-state index contributed by atoms with van der Waals surface area (Å²) >= 11 is 0. The zero-order valence-corrected chi connectivity index (χ0v) is 15.0. The molecule has 3 rings (SSSR count). The van der Waals surface area contributed by atoms with E-state index in [0.717, 1.165) is 51.6 Å². The van der Waals surface area contributed by atoms with E-state index in [9.17, 15) is 0 Å². The van der Waals surface area contributed by atoms with Crippen molar-refractivity contribution < 1.29 is 4.74 Å². The van der Waals surface area contributed by atoms with Crippen molar-refractivity contribution in [3.63, 3.8) is 0 Å². The number of aliphatic imine (C=N–C) groups is 1. The van der Waals surface area contributed by atoms with E-state index >= 15 is 0 Å². The Morgan fingerprint density at radius 2 is 1.79 bits per heavy atom. The van der Waals surface area contributed by atoms with Gasteiger partial charge in [0.1, 0.15) is 0 Å². The lowest BCUT2D eigenvalue weighted by molar-refractivity contribution is 0.0528. The molecule has 24 heavy (non-hydrogen) atoms. The molecule has 2 saturated heterocycles. The Hall–Kier alpha value is -1.55. The summed E-state index contributed by atoms with van der Waals surface area (Å²) in [5, 5.41) is 0. The van der Waals surface area contributed by atoms with Crippen molar-refractivity contribution in [2.24, 2.45) is 10.7 Å². The van der Waals surface area contributed by atoms with E-state index in [4.69, 9.17) is 15.5 Å². The van der Waals surface area contributed by atoms with Crippen LogP contribution in [-0.4, -0.2) is 43.7 Å². The van der Waals surface area contributed by atoms with Gasteiger partial charge in [-0.3, -0.25) is 4.99 Å². The maximum Gasteiger partial charge on any atom is 0.191 e. The third-order valence-electron chi connectivity index (χ3n) is 5.64. The van der Waals surface area contributed by atoms with Crippen molar-refractivity contribution in [3.05, 3.63) is 35.4 Å². The van der Waals surface area contributed by atoms with E-state index in [1.807, 2.05) is 0 Å². The maximum atomic E-state index is 6.35. The predicted octanol–water partition coefficient (Wildman–Crippen LogP) is 3.23. The molecule has 4 heteroatoms. The first kappa shape index (κ1) is 17.3. The smallest absolute Gasteiger partial charge is 0.191 e. The van der Waals surface area contributed by atoms with Crippen LogP contribution >= 0.6 is 0 Å². The van der Waals surface area contributed by atoms with Crippen LogP contribution in [0.3, 0.4) is 0 Å². The number of hydrogen-bond donors (Lipinski definition) is 1. The molecular weight excluding hydrogens is 298 g/mol. The molecule has 0 aliphatic carbocycles. The summed E-state index contributed by atoms with van der Waals surface area (Å²) in [5.41, 5.74) is 9.19. The van der Waals surface area contributed by atoms with Gasteiger partial charge in [0.15, 0.2) is 5.96 Å². The van der Waals surface area contributed by atoms with Gasteiger partial charge in [0.25, 0.3) is 0 Å². The van der Waals surface area contributed by atoms with Gasteiger partial charge in [-0.25, -0.2) is 0 Å². The van der Waals surface area contributed by atoms with Crippen LogP contribution in [0.15, 0.2) is 29.3 Å². The number of hydrogen-bond acceptors (Lipinski definition) is 2. The first-order valence-electron chi connectivity index (χ1n) is 9.40. The molecule has 0 radical (unpaired) electrons. The van der Waals surface area contributed by atoms with Gasteiger partial charge >= 0.3 is 0 Å². The Morgan fingerprint density at radius 3 is 2.46 bits per heavy atom. The molecular formula is C20H31N3O. The molecule has 1 aromatic rings. The first-order valence-corrected chi connectivity index (χ1v) is 9.40. The highest BCUT2D eigenvalue weighted by atomic mass is 16.5. The Kier molecular flexibility index (Phi) is 5.77. The molecule has 2 aliphatic heterocycles. The number of ether oxygens (including phenoxy) is 1. The summed E-state index contributed by atoms with van der Waals surface area (Å²) in [6.07, 6.45) is 7.13. The van der Waals surface area contributed by atoms with Crippen LogP contribution in [0.5, 0.6) is 0 Å². The largest absolute Gasteiger partial charge is 0.381 e. The lowest BCUT2D eigenvalue weighted by atomic mass is 9.72. The summed E-state index contributed by atoms with van der Waals surface area (Å²) in [6.45, 7) is 6.70. The third kappa shape index (κ3) is 3.92. The van der Waals surface area contributed by atoms with Crippen LogP contribution in [0.4, 0.5) is 0 Å². The molecule has 2 aliphatic rings. The quantitative estimate of drug-likeness (QED) is 0.684. The normalized spacial score (nSPS) is 22.2. The number of nitrogens with zero attached hydrogens (tertiary/aromatic N) is 2. The van der Waals surface area contributed by atoms with Gasteiger partial charge in [-0.1, -0.05) is 37.1 Å². The number of aryl methyl sites for hydroxylation is 1. The van der Waals surface area contributed by atoms with Crippen molar-refractivity contribution >= 4 is 5.96 Å². The minimum atomic E-state index is 0.0695. The summed E-state index contributed by atoms with van der Waals surface area (Å²) in [7, 11) is 0. The topological polar surface area (TPSA) is 50.8 Å². The van der Waals surface area contributed by atoms with Crippen LogP contribution in [0.2, 0.25) is 0 Å². The lowest BCUT2D eigenvalue weighted by Gasteiger charge is -2.38. The fourth-order valence-electron chi connectivity index (χ4n) is 4.07. The molecule has 0 saturated carbocycles. The second-order valence-electron chi connectivity index (χ2n) is 7.28. The van der Waals surface area contributed by atoms with E-state index in [0.29, 0.717) is 0 Å². The fourth-order valence-corrected chi connectivity index (χ4v) is 4.07. The van der Waals surface area contributed by atoms with Crippen LogP contribution in [-0.2, 0) is 10.2 Å². The average molecular weight is 329 g/mol. The zero-order chi connectivity index (χ0) is 16.8. The van der Waals surface area contributed by atoms with Gasteiger partial charge in [0.05, 0.1) is 6.54 Å².